The average molecular weight is 451 g/mol. The van der Waals surface area contributed by atoms with Crippen LogP contribution in [0.2, 0.25) is 10.0 Å². The maximum Gasteiger partial charge on any atom is 0.134 e. The first-order valence-electron chi connectivity index (χ1n) is 8.17. The molecule has 3 rings (SSSR count). The third-order valence-corrected chi connectivity index (χ3v) is 5.12. The predicted octanol–water partition coefficient (Wildman–Crippen LogP) is 7.26. The lowest BCUT2D eigenvalue weighted by Gasteiger charge is -2.12. The van der Waals surface area contributed by atoms with Crippen molar-refractivity contribution < 1.29 is 4.74 Å². The van der Waals surface area contributed by atoms with Gasteiger partial charge < -0.3 is 10.1 Å². The molecule has 0 spiro atoms. The van der Waals surface area contributed by atoms with Gasteiger partial charge in [-0.2, -0.15) is 0 Å². The lowest BCUT2D eigenvalue weighted by Crippen LogP contribution is -2.01. The largest absolute Gasteiger partial charge is 0.488 e. The molecule has 0 amide bonds. The van der Waals surface area contributed by atoms with E-state index in [0.29, 0.717) is 16.7 Å². The van der Waals surface area contributed by atoms with Gasteiger partial charge in [-0.3, -0.25) is 0 Å². The van der Waals surface area contributed by atoms with E-state index in [2.05, 4.69) is 52.4 Å². The lowest BCUT2D eigenvalue weighted by molar-refractivity contribution is 0.304. The fraction of sp³-hybridized carbons (Fsp3) is 0.143. The molecule has 2 nitrogen and oxygen atoms in total. The molecule has 0 aliphatic rings. The molecule has 3 aromatic carbocycles. The third-order valence-electron chi connectivity index (χ3n) is 3.91. The van der Waals surface area contributed by atoms with Crippen LogP contribution in [-0.2, 0) is 13.2 Å². The van der Waals surface area contributed by atoms with Crippen LogP contribution in [0.3, 0.4) is 0 Å². The number of nitrogens with one attached hydrogen (secondary N) is 1. The summed E-state index contributed by atoms with van der Waals surface area (Å²) in [6, 6.07) is 19.8. The van der Waals surface area contributed by atoms with Crippen molar-refractivity contribution in [1.29, 1.82) is 0 Å². The Bertz CT molecular complexity index is 914. The van der Waals surface area contributed by atoms with E-state index in [9.17, 15) is 0 Å². The number of benzene rings is 3. The molecule has 3 aromatic rings. The normalized spacial score (nSPS) is 10.6. The van der Waals surface area contributed by atoms with E-state index in [0.717, 1.165) is 33.6 Å². The highest BCUT2D eigenvalue weighted by atomic mass is 79.9. The van der Waals surface area contributed by atoms with E-state index in [1.54, 1.807) is 12.1 Å². The summed E-state index contributed by atoms with van der Waals surface area (Å²) in [4.78, 5) is 0. The molecule has 0 bridgehead atoms. The highest BCUT2D eigenvalue weighted by Gasteiger charge is 2.06. The highest BCUT2D eigenvalue weighted by molar-refractivity contribution is 9.10. The SMILES string of the molecule is Cc1cccc(NCc2ccc(OCc3ccc(Cl)cc3Cl)c(Br)c2)c1. The van der Waals surface area contributed by atoms with Crippen LogP contribution in [0.25, 0.3) is 0 Å². The molecule has 1 N–H and O–H groups in total. The molecule has 0 aliphatic heterocycles. The van der Waals surface area contributed by atoms with Gasteiger partial charge in [-0.1, -0.05) is 47.5 Å². The minimum absolute atomic E-state index is 0.384. The lowest BCUT2D eigenvalue weighted by atomic mass is 10.2. The van der Waals surface area contributed by atoms with Crippen molar-refractivity contribution in [1.82, 2.24) is 0 Å². The smallest absolute Gasteiger partial charge is 0.134 e. The zero-order valence-corrected chi connectivity index (χ0v) is 17.3. The summed E-state index contributed by atoms with van der Waals surface area (Å²) in [5, 5.41) is 4.65. The second-order valence-corrected chi connectivity index (χ2v) is 7.71. The van der Waals surface area contributed by atoms with Crippen LogP contribution >= 0.6 is 39.1 Å². The van der Waals surface area contributed by atoms with Crippen LogP contribution < -0.4 is 10.1 Å². The standard InChI is InChI=1S/C21H18BrCl2NO/c1-14-3-2-4-18(9-14)25-12-15-5-8-21(19(22)10-15)26-13-16-6-7-17(23)11-20(16)24/h2-11,25H,12-13H2,1H3. The van der Waals surface area contributed by atoms with Gasteiger partial charge in [0.15, 0.2) is 0 Å². The molecular formula is C21H18BrCl2NO. The molecular weight excluding hydrogens is 433 g/mol. The molecule has 0 aliphatic carbocycles. The van der Waals surface area contributed by atoms with Crippen LogP contribution in [0.1, 0.15) is 16.7 Å². The zero-order valence-electron chi connectivity index (χ0n) is 14.2. The Morgan fingerprint density at radius 1 is 1.00 bits per heavy atom. The van der Waals surface area contributed by atoms with Crippen LogP contribution in [0.4, 0.5) is 5.69 Å². The molecule has 0 heterocycles. The number of anilines is 1. The number of ether oxygens (including phenoxy) is 1. The second-order valence-electron chi connectivity index (χ2n) is 6.01. The Balaban J connectivity index is 1.62. The van der Waals surface area contributed by atoms with Crippen molar-refractivity contribution in [2.45, 2.75) is 20.1 Å². The summed E-state index contributed by atoms with van der Waals surface area (Å²) in [7, 11) is 0. The number of hydrogen-bond donors (Lipinski definition) is 1. The Hall–Kier alpha value is -1.68. The average Bonchev–Trinajstić information content (AvgIpc) is 2.60. The summed E-state index contributed by atoms with van der Waals surface area (Å²) in [5.74, 6) is 0.773. The molecule has 0 saturated carbocycles. The maximum absolute atomic E-state index is 6.19. The van der Waals surface area contributed by atoms with Gasteiger partial charge in [0.1, 0.15) is 12.4 Å². The van der Waals surface area contributed by atoms with Crippen LogP contribution in [-0.4, -0.2) is 0 Å². The van der Waals surface area contributed by atoms with Crippen molar-refractivity contribution in [3.63, 3.8) is 0 Å². The monoisotopic (exact) mass is 449 g/mol. The van der Waals surface area contributed by atoms with E-state index < -0.39 is 0 Å². The van der Waals surface area contributed by atoms with Crippen molar-refractivity contribution in [3.05, 3.63) is 91.9 Å². The molecule has 0 aromatic heterocycles. The van der Waals surface area contributed by atoms with E-state index in [1.807, 2.05) is 24.3 Å². The second kappa shape index (κ2) is 8.81. The first-order chi connectivity index (χ1) is 12.5. The first kappa shape index (κ1) is 19.1. The van der Waals surface area contributed by atoms with Crippen molar-refractivity contribution >= 4 is 44.8 Å². The number of halogens is 3. The fourth-order valence-electron chi connectivity index (χ4n) is 2.52. The minimum Gasteiger partial charge on any atom is -0.488 e. The van der Waals surface area contributed by atoms with Crippen LogP contribution in [0.5, 0.6) is 5.75 Å². The van der Waals surface area contributed by atoms with Gasteiger partial charge in [-0.15, -0.1) is 0 Å². The number of hydrogen-bond acceptors (Lipinski definition) is 2. The molecule has 0 radical (unpaired) electrons. The summed E-state index contributed by atoms with van der Waals surface area (Å²) in [6.45, 7) is 3.21. The van der Waals surface area contributed by atoms with E-state index in [4.69, 9.17) is 27.9 Å². The Morgan fingerprint density at radius 2 is 1.85 bits per heavy atom. The van der Waals surface area contributed by atoms with Gasteiger partial charge in [0.25, 0.3) is 0 Å². The summed E-state index contributed by atoms with van der Waals surface area (Å²) in [6.07, 6.45) is 0. The third kappa shape index (κ3) is 5.16. The maximum atomic E-state index is 6.19. The molecule has 134 valence electrons. The summed E-state index contributed by atoms with van der Waals surface area (Å²) < 4.78 is 6.79. The molecule has 0 unspecified atom stereocenters. The van der Waals surface area contributed by atoms with Gasteiger partial charge in [0, 0.05) is 27.8 Å². The minimum atomic E-state index is 0.384. The predicted molar refractivity (Wildman–Crippen MR) is 113 cm³/mol. The number of aryl methyl sites for hydroxylation is 1. The van der Waals surface area contributed by atoms with E-state index in [1.165, 1.54) is 5.56 Å². The van der Waals surface area contributed by atoms with Crippen molar-refractivity contribution in [2.75, 3.05) is 5.32 Å². The first-order valence-corrected chi connectivity index (χ1v) is 9.72. The molecule has 0 fully saturated rings. The van der Waals surface area contributed by atoms with Gasteiger partial charge in [0.2, 0.25) is 0 Å². The van der Waals surface area contributed by atoms with Gasteiger partial charge in [0.05, 0.1) is 4.47 Å². The van der Waals surface area contributed by atoms with Crippen LogP contribution in [0, 0.1) is 6.92 Å². The fourth-order valence-corrected chi connectivity index (χ4v) is 3.53. The van der Waals surface area contributed by atoms with Crippen molar-refractivity contribution in [3.8, 4) is 5.75 Å². The summed E-state index contributed by atoms with van der Waals surface area (Å²) >= 11 is 15.7. The van der Waals surface area contributed by atoms with E-state index >= 15 is 0 Å². The van der Waals surface area contributed by atoms with Gasteiger partial charge >= 0.3 is 0 Å². The zero-order chi connectivity index (χ0) is 18.5. The molecule has 0 saturated heterocycles. The Labute approximate surface area is 172 Å². The Kier molecular flexibility index (Phi) is 6.47. The molecule has 5 heteroatoms. The topological polar surface area (TPSA) is 21.3 Å². The molecule has 0 atom stereocenters. The molecule has 26 heavy (non-hydrogen) atoms. The quantitative estimate of drug-likeness (QED) is 0.426. The Morgan fingerprint density at radius 3 is 2.58 bits per heavy atom. The highest BCUT2D eigenvalue weighted by Crippen LogP contribution is 2.29. The summed E-state index contributed by atoms with van der Waals surface area (Å²) in [5.41, 5.74) is 4.41. The van der Waals surface area contributed by atoms with E-state index in [-0.39, 0.29) is 0 Å². The van der Waals surface area contributed by atoms with Crippen molar-refractivity contribution in [2.24, 2.45) is 0 Å². The van der Waals surface area contributed by atoms with Crippen LogP contribution in [0.15, 0.2) is 65.1 Å². The number of rotatable bonds is 6. The van der Waals surface area contributed by atoms with Gasteiger partial charge in [-0.05, 0) is 70.4 Å². The van der Waals surface area contributed by atoms with Gasteiger partial charge in [-0.25, -0.2) is 0 Å².